The highest BCUT2D eigenvalue weighted by Crippen LogP contribution is 2.32. The predicted octanol–water partition coefficient (Wildman–Crippen LogP) is 5.32. The summed E-state index contributed by atoms with van der Waals surface area (Å²) in [6, 6.07) is 17.6. The third kappa shape index (κ3) is 5.58. The van der Waals surface area contributed by atoms with Crippen LogP contribution in [0.4, 0.5) is 0 Å². The van der Waals surface area contributed by atoms with E-state index in [9.17, 15) is 23.1 Å². The molecule has 192 valence electrons. The van der Waals surface area contributed by atoms with Gasteiger partial charge >= 0.3 is 11.9 Å². The number of carboxylic acid groups (broad SMARTS) is 1. The minimum absolute atomic E-state index is 0.0343. The predicted molar refractivity (Wildman–Crippen MR) is 139 cm³/mol. The zero-order valence-electron chi connectivity index (χ0n) is 20.8. The van der Waals surface area contributed by atoms with Gasteiger partial charge in [0.1, 0.15) is 17.4 Å². The van der Waals surface area contributed by atoms with Gasteiger partial charge < -0.3 is 14.3 Å². The molecule has 0 aliphatic heterocycles. The lowest BCUT2D eigenvalue weighted by Crippen LogP contribution is -2.44. The summed E-state index contributed by atoms with van der Waals surface area (Å²) < 4.78 is 38.9. The molecule has 2 N–H and O–H groups in total. The van der Waals surface area contributed by atoms with Gasteiger partial charge in [0.25, 0.3) is 0 Å². The van der Waals surface area contributed by atoms with E-state index in [4.69, 9.17) is 9.15 Å². The van der Waals surface area contributed by atoms with Crippen LogP contribution in [0.15, 0.2) is 76.0 Å². The van der Waals surface area contributed by atoms with E-state index in [1.807, 2.05) is 44.2 Å². The van der Waals surface area contributed by atoms with E-state index in [2.05, 4.69) is 4.72 Å². The summed E-state index contributed by atoms with van der Waals surface area (Å²) in [4.78, 5) is 24.1. The minimum atomic E-state index is -4.02. The van der Waals surface area contributed by atoms with Crippen molar-refractivity contribution in [1.29, 1.82) is 0 Å². The smallest absolute Gasteiger partial charge is 0.379 e. The Hall–Kier alpha value is -3.95. The van der Waals surface area contributed by atoms with Gasteiger partial charge in [-0.1, -0.05) is 44.2 Å². The second-order valence-corrected chi connectivity index (χ2v) is 10.9. The van der Waals surface area contributed by atoms with Gasteiger partial charge in [-0.2, -0.15) is 4.72 Å². The number of nitrogens with one attached hydrogen (secondary N) is 1. The standard InChI is InChI=1S/C28H27NO7S/c1-16(2)25(27(30)31)29-37(33,34)22-11-9-19(10-12-22)21-13-17(3)26(18(4)14-21)36-28(32)24-15-20-7-5-6-8-23(20)35-24/h5-16,25,29H,1-4H3,(H,30,31). The quantitative estimate of drug-likeness (QED) is 0.237. The number of rotatable bonds is 8. The number of hydrogen-bond donors (Lipinski definition) is 2. The van der Waals surface area contributed by atoms with Crippen molar-refractivity contribution in [3.05, 3.63) is 83.6 Å². The van der Waals surface area contributed by atoms with Gasteiger partial charge in [0.05, 0.1) is 4.90 Å². The molecular weight excluding hydrogens is 494 g/mol. The zero-order chi connectivity index (χ0) is 26.9. The first kappa shape index (κ1) is 26.1. The third-order valence-electron chi connectivity index (χ3n) is 5.99. The molecule has 1 unspecified atom stereocenters. The van der Waals surface area contributed by atoms with Gasteiger partial charge in [0.2, 0.25) is 15.8 Å². The molecule has 1 atom stereocenters. The Morgan fingerprint density at radius 3 is 2.11 bits per heavy atom. The largest absolute Gasteiger partial charge is 0.480 e. The molecule has 0 fully saturated rings. The summed E-state index contributed by atoms with van der Waals surface area (Å²) in [7, 11) is -4.02. The van der Waals surface area contributed by atoms with Crippen LogP contribution in [0.5, 0.6) is 5.75 Å². The van der Waals surface area contributed by atoms with Gasteiger partial charge in [0, 0.05) is 5.39 Å². The van der Waals surface area contributed by atoms with Crippen molar-refractivity contribution in [3.63, 3.8) is 0 Å². The molecule has 9 heteroatoms. The fourth-order valence-corrected chi connectivity index (χ4v) is 5.37. The number of para-hydroxylation sites is 1. The van der Waals surface area contributed by atoms with Crippen molar-refractivity contribution in [2.24, 2.45) is 5.92 Å². The highest BCUT2D eigenvalue weighted by Gasteiger charge is 2.28. The molecule has 0 spiro atoms. The number of fused-ring (bicyclic) bond motifs is 1. The van der Waals surface area contributed by atoms with E-state index < -0.39 is 33.9 Å². The van der Waals surface area contributed by atoms with Crippen LogP contribution in [0.25, 0.3) is 22.1 Å². The average molecular weight is 522 g/mol. The number of sulfonamides is 1. The van der Waals surface area contributed by atoms with E-state index in [1.54, 1.807) is 38.1 Å². The van der Waals surface area contributed by atoms with Crippen molar-refractivity contribution in [2.45, 2.75) is 38.6 Å². The van der Waals surface area contributed by atoms with Crippen LogP contribution in [-0.4, -0.2) is 31.5 Å². The van der Waals surface area contributed by atoms with E-state index in [0.717, 1.165) is 27.6 Å². The van der Waals surface area contributed by atoms with Gasteiger partial charge in [0.15, 0.2) is 0 Å². The molecule has 1 heterocycles. The lowest BCUT2D eigenvalue weighted by atomic mass is 10.00. The van der Waals surface area contributed by atoms with E-state index in [0.29, 0.717) is 11.3 Å². The molecule has 4 rings (SSSR count). The first-order valence-electron chi connectivity index (χ1n) is 11.6. The lowest BCUT2D eigenvalue weighted by molar-refractivity contribution is -0.140. The molecule has 4 aromatic rings. The molecule has 0 bridgehead atoms. The summed E-state index contributed by atoms with van der Waals surface area (Å²) in [6.45, 7) is 6.90. The fraction of sp³-hybridized carbons (Fsp3) is 0.214. The highest BCUT2D eigenvalue weighted by molar-refractivity contribution is 7.89. The second kappa shape index (κ2) is 10.2. The van der Waals surface area contributed by atoms with Gasteiger partial charge in [-0.15, -0.1) is 0 Å². The maximum absolute atomic E-state index is 12.7. The number of esters is 1. The highest BCUT2D eigenvalue weighted by atomic mass is 32.2. The van der Waals surface area contributed by atoms with Gasteiger partial charge in [-0.25, -0.2) is 13.2 Å². The van der Waals surface area contributed by atoms with Crippen molar-refractivity contribution in [2.75, 3.05) is 0 Å². The molecule has 0 amide bonds. The summed E-state index contributed by atoms with van der Waals surface area (Å²) in [5.74, 6) is -1.72. The number of carbonyl (C=O) groups excluding carboxylic acids is 1. The number of hydrogen-bond acceptors (Lipinski definition) is 6. The number of ether oxygens (including phenoxy) is 1. The molecule has 0 radical (unpaired) electrons. The van der Waals surface area contributed by atoms with Crippen LogP contribution < -0.4 is 9.46 Å². The van der Waals surface area contributed by atoms with Gasteiger partial charge in [-0.05, 0) is 78.4 Å². The number of furan rings is 1. The van der Waals surface area contributed by atoms with Crippen LogP contribution in [0.3, 0.4) is 0 Å². The maximum atomic E-state index is 12.7. The maximum Gasteiger partial charge on any atom is 0.379 e. The minimum Gasteiger partial charge on any atom is -0.480 e. The van der Waals surface area contributed by atoms with E-state index >= 15 is 0 Å². The molecule has 0 saturated heterocycles. The van der Waals surface area contributed by atoms with Crippen LogP contribution >= 0.6 is 0 Å². The first-order chi connectivity index (χ1) is 17.5. The molecule has 0 saturated carbocycles. The molecule has 0 aliphatic rings. The topological polar surface area (TPSA) is 123 Å². The average Bonchev–Trinajstić information content (AvgIpc) is 3.29. The molecule has 1 aromatic heterocycles. The number of carboxylic acids is 1. The Labute approximate surface area is 214 Å². The van der Waals surface area contributed by atoms with E-state index in [1.165, 1.54) is 12.1 Å². The summed E-state index contributed by atoms with van der Waals surface area (Å²) >= 11 is 0. The van der Waals surface area contributed by atoms with Crippen molar-refractivity contribution in [3.8, 4) is 16.9 Å². The Balaban J connectivity index is 1.54. The SMILES string of the molecule is Cc1cc(-c2ccc(S(=O)(=O)NC(C(=O)O)C(C)C)cc2)cc(C)c1OC(=O)c1cc2ccccc2o1. The molecule has 0 aliphatic carbocycles. The summed E-state index contributed by atoms with van der Waals surface area (Å²) in [5, 5.41) is 10.1. The Kier molecular flexibility index (Phi) is 7.20. The second-order valence-electron chi connectivity index (χ2n) is 9.18. The summed E-state index contributed by atoms with van der Waals surface area (Å²) in [5.41, 5.74) is 3.60. The fourth-order valence-electron chi connectivity index (χ4n) is 4.04. The number of benzene rings is 3. The first-order valence-corrected chi connectivity index (χ1v) is 13.1. The molecule has 37 heavy (non-hydrogen) atoms. The van der Waals surface area contributed by atoms with Crippen molar-refractivity contribution >= 4 is 32.9 Å². The lowest BCUT2D eigenvalue weighted by Gasteiger charge is -2.18. The number of aliphatic carboxylic acids is 1. The van der Waals surface area contributed by atoms with Gasteiger partial charge in [-0.3, -0.25) is 4.79 Å². The van der Waals surface area contributed by atoms with Crippen LogP contribution in [-0.2, 0) is 14.8 Å². The van der Waals surface area contributed by atoms with Crippen molar-refractivity contribution in [1.82, 2.24) is 4.72 Å². The van der Waals surface area contributed by atoms with Crippen LogP contribution in [0.2, 0.25) is 0 Å². The molecule has 3 aromatic carbocycles. The third-order valence-corrected chi connectivity index (χ3v) is 7.45. The van der Waals surface area contributed by atoms with Crippen molar-refractivity contribution < 1.29 is 32.3 Å². The monoisotopic (exact) mass is 521 g/mol. The van der Waals surface area contributed by atoms with Crippen LogP contribution in [0, 0.1) is 19.8 Å². The Morgan fingerprint density at radius 1 is 0.919 bits per heavy atom. The normalized spacial score (nSPS) is 12.6. The zero-order valence-corrected chi connectivity index (χ0v) is 21.6. The Morgan fingerprint density at radius 2 is 1.54 bits per heavy atom. The number of carbonyl (C=O) groups is 2. The molecule has 8 nitrogen and oxygen atoms in total. The number of aryl methyl sites for hydroxylation is 2. The van der Waals surface area contributed by atoms with E-state index in [-0.39, 0.29) is 10.7 Å². The summed E-state index contributed by atoms with van der Waals surface area (Å²) in [6.07, 6.45) is 0. The van der Waals surface area contributed by atoms with Crippen LogP contribution in [0.1, 0.15) is 35.5 Å². The Bertz CT molecular complexity index is 1530. The molecular formula is C28H27NO7S.